The van der Waals surface area contributed by atoms with Gasteiger partial charge in [-0.3, -0.25) is 0 Å². The summed E-state index contributed by atoms with van der Waals surface area (Å²) >= 11 is 1.80. The molecule has 4 heteroatoms. The van der Waals surface area contributed by atoms with E-state index in [2.05, 4.69) is 35.8 Å². The smallest absolute Gasteiger partial charge is 0.318 e. The van der Waals surface area contributed by atoms with Crippen LogP contribution in [0.25, 0.3) is 0 Å². The zero-order valence-corrected chi connectivity index (χ0v) is 13.0. The van der Waals surface area contributed by atoms with Crippen molar-refractivity contribution in [2.75, 3.05) is 13.1 Å². The molecule has 2 amide bonds. The molecule has 1 aliphatic heterocycles. The van der Waals surface area contributed by atoms with Crippen LogP contribution >= 0.6 is 11.3 Å². The number of rotatable bonds is 3. The van der Waals surface area contributed by atoms with Crippen LogP contribution in [0.3, 0.4) is 0 Å². The summed E-state index contributed by atoms with van der Waals surface area (Å²) in [6.07, 6.45) is 1.91. The van der Waals surface area contributed by atoms with Gasteiger partial charge in [-0.25, -0.2) is 4.79 Å². The maximum Gasteiger partial charge on any atom is 0.318 e. The van der Waals surface area contributed by atoms with E-state index in [9.17, 15) is 4.79 Å². The second-order valence-electron chi connectivity index (χ2n) is 5.29. The molecule has 0 radical (unpaired) electrons. The van der Waals surface area contributed by atoms with Crippen molar-refractivity contribution < 1.29 is 4.79 Å². The van der Waals surface area contributed by atoms with Crippen LogP contribution in [0, 0.1) is 0 Å². The van der Waals surface area contributed by atoms with Gasteiger partial charge in [-0.15, -0.1) is 11.3 Å². The number of amides is 2. The lowest BCUT2D eigenvalue weighted by Crippen LogP contribution is -2.45. The SMILES string of the molecule is CCCNC(=O)N1CCc2sccc2[C@@H]1c1ccccc1. The molecule has 1 aliphatic rings. The number of carbonyl (C=O) groups excluding carboxylic acids is 1. The summed E-state index contributed by atoms with van der Waals surface area (Å²) in [4.78, 5) is 15.9. The van der Waals surface area contributed by atoms with E-state index in [-0.39, 0.29) is 12.1 Å². The lowest BCUT2D eigenvalue weighted by molar-refractivity contribution is 0.181. The van der Waals surface area contributed by atoms with Crippen LogP contribution in [0.2, 0.25) is 0 Å². The van der Waals surface area contributed by atoms with E-state index < -0.39 is 0 Å². The fourth-order valence-electron chi connectivity index (χ4n) is 2.86. The van der Waals surface area contributed by atoms with Crippen molar-refractivity contribution in [3.05, 3.63) is 57.8 Å². The van der Waals surface area contributed by atoms with Gasteiger partial charge >= 0.3 is 6.03 Å². The molecule has 21 heavy (non-hydrogen) atoms. The molecule has 0 unspecified atom stereocenters. The number of carbonyl (C=O) groups is 1. The van der Waals surface area contributed by atoms with Gasteiger partial charge in [0, 0.05) is 18.0 Å². The van der Waals surface area contributed by atoms with E-state index in [1.807, 2.05) is 23.1 Å². The lowest BCUT2D eigenvalue weighted by atomic mass is 9.93. The Bertz CT molecular complexity index is 608. The van der Waals surface area contributed by atoms with Crippen molar-refractivity contribution in [2.45, 2.75) is 25.8 Å². The Kier molecular flexibility index (Phi) is 4.25. The maximum atomic E-state index is 12.5. The summed E-state index contributed by atoms with van der Waals surface area (Å²) in [5, 5.41) is 5.15. The normalized spacial score (nSPS) is 17.4. The molecule has 0 fully saturated rings. The van der Waals surface area contributed by atoms with Crippen molar-refractivity contribution in [2.24, 2.45) is 0 Å². The molecule has 3 nitrogen and oxygen atoms in total. The van der Waals surface area contributed by atoms with Gasteiger partial charge in [0.1, 0.15) is 0 Å². The van der Waals surface area contributed by atoms with E-state index in [1.54, 1.807) is 11.3 Å². The number of benzene rings is 1. The lowest BCUT2D eigenvalue weighted by Gasteiger charge is -2.36. The molecule has 0 spiro atoms. The van der Waals surface area contributed by atoms with Gasteiger partial charge in [0.25, 0.3) is 0 Å². The molecule has 3 rings (SSSR count). The number of thiophene rings is 1. The zero-order valence-electron chi connectivity index (χ0n) is 12.2. The highest BCUT2D eigenvalue weighted by molar-refractivity contribution is 7.10. The summed E-state index contributed by atoms with van der Waals surface area (Å²) in [5.74, 6) is 0. The highest BCUT2D eigenvalue weighted by atomic mass is 32.1. The number of fused-ring (bicyclic) bond motifs is 1. The van der Waals surface area contributed by atoms with Crippen LogP contribution in [-0.2, 0) is 6.42 Å². The van der Waals surface area contributed by atoms with Crippen LogP contribution in [0.1, 0.15) is 35.4 Å². The highest BCUT2D eigenvalue weighted by Crippen LogP contribution is 2.37. The first-order chi connectivity index (χ1) is 10.3. The van der Waals surface area contributed by atoms with E-state index in [0.29, 0.717) is 0 Å². The van der Waals surface area contributed by atoms with E-state index in [4.69, 9.17) is 0 Å². The van der Waals surface area contributed by atoms with Gasteiger partial charge in [0.15, 0.2) is 0 Å². The van der Waals surface area contributed by atoms with Crippen LogP contribution in [0.4, 0.5) is 4.79 Å². The molecular formula is C17H20N2OS. The topological polar surface area (TPSA) is 32.3 Å². The molecule has 2 aromatic rings. The first kappa shape index (κ1) is 14.1. The minimum Gasteiger partial charge on any atom is -0.338 e. The molecule has 0 saturated carbocycles. The third-order valence-electron chi connectivity index (χ3n) is 3.87. The van der Waals surface area contributed by atoms with Crippen LogP contribution in [0.5, 0.6) is 0 Å². The van der Waals surface area contributed by atoms with Gasteiger partial charge in [0.2, 0.25) is 0 Å². The number of nitrogens with zero attached hydrogens (tertiary/aromatic N) is 1. The quantitative estimate of drug-likeness (QED) is 0.918. The van der Waals surface area contributed by atoms with Gasteiger partial charge in [-0.2, -0.15) is 0 Å². The summed E-state index contributed by atoms with van der Waals surface area (Å²) < 4.78 is 0. The number of hydrogen-bond donors (Lipinski definition) is 1. The van der Waals surface area contributed by atoms with Gasteiger partial charge in [-0.05, 0) is 35.4 Å². The van der Waals surface area contributed by atoms with Crippen molar-refractivity contribution >= 4 is 17.4 Å². The minimum absolute atomic E-state index is 0.0399. The maximum absolute atomic E-state index is 12.5. The molecule has 110 valence electrons. The third-order valence-corrected chi connectivity index (χ3v) is 4.86. The Balaban J connectivity index is 1.95. The molecule has 0 aliphatic carbocycles. The van der Waals surface area contributed by atoms with E-state index in [1.165, 1.54) is 16.0 Å². The Hall–Kier alpha value is -1.81. The number of urea groups is 1. The molecule has 1 aromatic carbocycles. The van der Waals surface area contributed by atoms with Crippen LogP contribution in [0.15, 0.2) is 41.8 Å². The zero-order chi connectivity index (χ0) is 14.7. The molecule has 2 heterocycles. The second-order valence-corrected chi connectivity index (χ2v) is 6.29. The van der Waals surface area contributed by atoms with Crippen molar-refractivity contribution in [3.8, 4) is 0 Å². The first-order valence-electron chi connectivity index (χ1n) is 7.47. The Labute approximate surface area is 129 Å². The number of hydrogen-bond acceptors (Lipinski definition) is 2. The third kappa shape index (κ3) is 2.81. The van der Waals surface area contributed by atoms with Gasteiger partial charge in [0.05, 0.1) is 6.04 Å². The predicted molar refractivity (Wildman–Crippen MR) is 86.7 cm³/mol. The summed E-state index contributed by atoms with van der Waals surface area (Å²) in [6.45, 7) is 3.58. The Morgan fingerprint density at radius 2 is 2.14 bits per heavy atom. The van der Waals surface area contributed by atoms with Crippen molar-refractivity contribution in [1.82, 2.24) is 10.2 Å². The van der Waals surface area contributed by atoms with Gasteiger partial charge in [-0.1, -0.05) is 37.3 Å². The van der Waals surface area contributed by atoms with Crippen LogP contribution in [-0.4, -0.2) is 24.0 Å². The van der Waals surface area contributed by atoms with E-state index in [0.717, 1.165) is 25.9 Å². The average molecular weight is 300 g/mol. The predicted octanol–water partition coefficient (Wildman–Crippen LogP) is 3.82. The summed E-state index contributed by atoms with van der Waals surface area (Å²) in [5.41, 5.74) is 2.47. The van der Waals surface area contributed by atoms with E-state index >= 15 is 0 Å². The molecule has 1 atom stereocenters. The van der Waals surface area contributed by atoms with Crippen LogP contribution < -0.4 is 5.32 Å². The molecular weight excluding hydrogens is 280 g/mol. The summed E-state index contributed by atoms with van der Waals surface area (Å²) in [7, 11) is 0. The molecule has 0 bridgehead atoms. The molecule has 0 saturated heterocycles. The fraction of sp³-hybridized carbons (Fsp3) is 0.353. The largest absolute Gasteiger partial charge is 0.338 e. The first-order valence-corrected chi connectivity index (χ1v) is 8.35. The Morgan fingerprint density at radius 3 is 2.90 bits per heavy atom. The fourth-order valence-corrected chi connectivity index (χ4v) is 3.77. The molecule has 1 aromatic heterocycles. The van der Waals surface area contributed by atoms with Gasteiger partial charge < -0.3 is 10.2 Å². The standard InChI is InChI=1S/C17H20N2OS/c1-2-10-18-17(20)19-11-8-15-14(9-12-21-15)16(19)13-6-4-3-5-7-13/h3-7,9,12,16H,2,8,10-11H2,1H3,(H,18,20)/t16-/m0/s1. The number of nitrogens with one attached hydrogen (secondary N) is 1. The van der Waals surface area contributed by atoms with Crippen molar-refractivity contribution in [1.29, 1.82) is 0 Å². The Morgan fingerprint density at radius 1 is 1.33 bits per heavy atom. The van der Waals surface area contributed by atoms with Crippen molar-refractivity contribution in [3.63, 3.8) is 0 Å². The summed E-state index contributed by atoms with van der Waals surface area (Å²) in [6, 6.07) is 12.6. The minimum atomic E-state index is 0.0399. The average Bonchev–Trinajstić information content (AvgIpc) is 3.01. The second kappa shape index (κ2) is 6.31. The molecule has 1 N–H and O–H groups in total. The highest BCUT2D eigenvalue weighted by Gasteiger charge is 2.32. The monoisotopic (exact) mass is 300 g/mol.